The van der Waals surface area contributed by atoms with Gasteiger partial charge in [0.05, 0.1) is 15.2 Å². The maximum Gasteiger partial charge on any atom is 0.417 e. The topological polar surface area (TPSA) is 54.5 Å². The van der Waals surface area contributed by atoms with Gasteiger partial charge in [-0.2, -0.15) is 17.5 Å². The normalized spacial score (nSPS) is 23.0. The first kappa shape index (κ1) is 18.7. The molecular formula is C13H15ClF3NO3S2. The van der Waals surface area contributed by atoms with Crippen molar-refractivity contribution in [3.63, 3.8) is 0 Å². The Morgan fingerprint density at radius 1 is 1.30 bits per heavy atom. The minimum atomic E-state index is -4.85. The zero-order valence-corrected chi connectivity index (χ0v) is 14.7. The van der Waals surface area contributed by atoms with Gasteiger partial charge in [0, 0.05) is 34.7 Å². The van der Waals surface area contributed by atoms with Gasteiger partial charge >= 0.3 is 6.18 Å². The summed E-state index contributed by atoms with van der Waals surface area (Å²) in [7, 11) is -5.60. The highest BCUT2D eigenvalue weighted by Gasteiger charge is 2.43. The van der Waals surface area contributed by atoms with Crippen molar-refractivity contribution in [3.05, 3.63) is 28.8 Å². The Bertz CT molecular complexity index is 747. The van der Waals surface area contributed by atoms with Gasteiger partial charge in [-0.15, -0.1) is 0 Å². The smallest absolute Gasteiger partial charge is 0.259 e. The van der Waals surface area contributed by atoms with Crippen LogP contribution in [0.3, 0.4) is 0 Å². The van der Waals surface area contributed by atoms with Crippen molar-refractivity contribution in [2.24, 2.45) is 0 Å². The lowest BCUT2D eigenvalue weighted by molar-refractivity contribution is -0.139. The van der Waals surface area contributed by atoms with E-state index in [1.807, 2.05) is 0 Å². The molecule has 1 aliphatic heterocycles. The van der Waals surface area contributed by atoms with E-state index < -0.39 is 42.2 Å². The van der Waals surface area contributed by atoms with Crippen molar-refractivity contribution < 1.29 is 25.8 Å². The molecule has 1 aliphatic rings. The molecule has 2 rings (SSSR count). The van der Waals surface area contributed by atoms with Gasteiger partial charge in [-0.25, -0.2) is 8.42 Å². The molecule has 23 heavy (non-hydrogen) atoms. The molecule has 1 aromatic carbocycles. The van der Waals surface area contributed by atoms with Crippen LogP contribution in [0, 0.1) is 0 Å². The number of benzene rings is 1. The summed E-state index contributed by atoms with van der Waals surface area (Å²) in [6.45, 7) is 3.05. The zero-order chi connectivity index (χ0) is 17.6. The van der Waals surface area contributed by atoms with E-state index in [4.69, 9.17) is 11.6 Å². The first-order chi connectivity index (χ1) is 10.4. The third kappa shape index (κ3) is 3.72. The average Bonchev–Trinajstić information content (AvgIpc) is 2.40. The van der Waals surface area contributed by atoms with E-state index >= 15 is 0 Å². The van der Waals surface area contributed by atoms with E-state index in [-0.39, 0.29) is 23.9 Å². The van der Waals surface area contributed by atoms with Crippen LogP contribution in [0.25, 0.3) is 0 Å². The molecule has 10 heteroatoms. The molecule has 4 nitrogen and oxygen atoms in total. The number of hydrogen-bond donors (Lipinski definition) is 0. The van der Waals surface area contributed by atoms with Crippen LogP contribution < -0.4 is 0 Å². The summed E-state index contributed by atoms with van der Waals surface area (Å²) in [5.74, 6) is 0.0845. The molecule has 0 spiro atoms. The lowest BCUT2D eigenvalue weighted by Crippen LogP contribution is -2.52. The van der Waals surface area contributed by atoms with Crippen molar-refractivity contribution in [3.8, 4) is 0 Å². The van der Waals surface area contributed by atoms with Crippen LogP contribution in [0.5, 0.6) is 0 Å². The Morgan fingerprint density at radius 3 is 2.43 bits per heavy atom. The summed E-state index contributed by atoms with van der Waals surface area (Å²) in [6.07, 6.45) is -4.85. The molecule has 1 unspecified atom stereocenters. The molecule has 1 atom stereocenters. The highest BCUT2D eigenvalue weighted by atomic mass is 35.5. The fourth-order valence-electron chi connectivity index (χ4n) is 2.33. The van der Waals surface area contributed by atoms with Gasteiger partial charge in [-0.05, 0) is 32.0 Å². The second kappa shape index (κ2) is 6.02. The van der Waals surface area contributed by atoms with E-state index in [2.05, 4.69) is 0 Å². The Kier molecular flexibility index (Phi) is 4.89. The second-order valence-corrected chi connectivity index (χ2v) is 10.3. The fourth-order valence-corrected chi connectivity index (χ4v) is 5.73. The Balaban J connectivity index is 2.51. The van der Waals surface area contributed by atoms with E-state index in [1.54, 1.807) is 13.8 Å². The number of rotatable bonds is 2. The summed E-state index contributed by atoms with van der Waals surface area (Å²) in [5.41, 5.74) is -1.30. The average molecular weight is 390 g/mol. The Labute approximate surface area is 140 Å². The van der Waals surface area contributed by atoms with Crippen LogP contribution in [0.15, 0.2) is 23.1 Å². The monoisotopic (exact) mass is 389 g/mol. The van der Waals surface area contributed by atoms with E-state index in [9.17, 15) is 25.8 Å². The minimum absolute atomic E-state index is 0.0845. The van der Waals surface area contributed by atoms with Crippen molar-refractivity contribution in [2.45, 2.75) is 29.7 Å². The van der Waals surface area contributed by atoms with Gasteiger partial charge in [-0.1, -0.05) is 11.6 Å². The van der Waals surface area contributed by atoms with E-state index in [0.717, 1.165) is 16.4 Å². The Hall–Kier alpha value is -0.640. The predicted molar refractivity (Wildman–Crippen MR) is 82.3 cm³/mol. The number of sulfonamides is 1. The van der Waals surface area contributed by atoms with Crippen LogP contribution in [0.2, 0.25) is 5.02 Å². The van der Waals surface area contributed by atoms with Crippen LogP contribution in [-0.4, -0.2) is 40.5 Å². The van der Waals surface area contributed by atoms with Crippen LogP contribution in [0.1, 0.15) is 19.4 Å². The molecular weight excluding hydrogens is 375 g/mol. The van der Waals surface area contributed by atoms with Crippen LogP contribution in [0.4, 0.5) is 13.2 Å². The van der Waals surface area contributed by atoms with E-state index in [1.165, 1.54) is 0 Å². The molecule has 0 radical (unpaired) electrons. The lowest BCUT2D eigenvalue weighted by atomic mass is 10.2. The highest BCUT2D eigenvalue weighted by molar-refractivity contribution is 7.90. The molecule has 130 valence electrons. The van der Waals surface area contributed by atoms with Crippen molar-refractivity contribution >= 4 is 32.4 Å². The second-order valence-electron chi connectivity index (χ2n) is 5.79. The lowest BCUT2D eigenvalue weighted by Gasteiger charge is -2.36. The molecule has 1 aromatic rings. The van der Waals surface area contributed by atoms with Gasteiger partial charge in [0.15, 0.2) is 0 Å². The molecule has 1 fully saturated rings. The molecule has 0 N–H and O–H groups in total. The molecule has 0 amide bonds. The first-order valence-electron chi connectivity index (χ1n) is 6.61. The maximum absolute atomic E-state index is 13.1. The van der Waals surface area contributed by atoms with Crippen LogP contribution >= 0.6 is 11.6 Å². The summed E-state index contributed by atoms with van der Waals surface area (Å²) in [5, 5.41) is -0.198. The SMILES string of the molecule is CC1(C)CN(S(=O)(=O)c2ccc(Cl)cc2C(F)(F)F)CCS1=O. The Morgan fingerprint density at radius 2 is 1.91 bits per heavy atom. The zero-order valence-electron chi connectivity index (χ0n) is 12.4. The number of alkyl halides is 3. The standard InChI is InChI=1S/C13H15ClF3NO3S2/c1-12(2)8-18(5-6-22(12)19)23(20,21)11-4-3-9(14)7-10(11)13(15,16)17/h3-4,7H,5-6,8H2,1-2H3. The molecule has 0 aliphatic carbocycles. The van der Waals surface area contributed by atoms with Gasteiger partial charge in [-0.3, -0.25) is 4.21 Å². The predicted octanol–water partition coefficient (Wildman–Crippen LogP) is 2.89. The molecule has 0 bridgehead atoms. The minimum Gasteiger partial charge on any atom is -0.259 e. The molecule has 1 saturated heterocycles. The summed E-state index contributed by atoms with van der Waals surface area (Å²) in [6, 6.07) is 2.57. The fraction of sp³-hybridized carbons (Fsp3) is 0.538. The van der Waals surface area contributed by atoms with Gasteiger partial charge in [0.25, 0.3) is 0 Å². The number of nitrogens with zero attached hydrogens (tertiary/aromatic N) is 1. The van der Waals surface area contributed by atoms with Crippen molar-refractivity contribution in [2.75, 3.05) is 18.8 Å². The quantitative estimate of drug-likeness (QED) is 0.781. The highest BCUT2D eigenvalue weighted by Crippen LogP contribution is 2.37. The largest absolute Gasteiger partial charge is 0.417 e. The molecule has 0 saturated carbocycles. The van der Waals surface area contributed by atoms with E-state index in [0.29, 0.717) is 6.07 Å². The number of hydrogen-bond acceptors (Lipinski definition) is 3. The summed E-state index contributed by atoms with van der Waals surface area (Å²) < 4.78 is 76.8. The van der Waals surface area contributed by atoms with Gasteiger partial charge in [0.1, 0.15) is 0 Å². The molecule has 1 heterocycles. The van der Waals surface area contributed by atoms with Crippen LogP contribution in [-0.2, 0) is 27.0 Å². The molecule has 0 aromatic heterocycles. The van der Waals surface area contributed by atoms with Crippen molar-refractivity contribution in [1.82, 2.24) is 4.31 Å². The maximum atomic E-state index is 13.1. The third-order valence-electron chi connectivity index (χ3n) is 3.56. The first-order valence-corrected chi connectivity index (χ1v) is 9.75. The third-order valence-corrected chi connectivity index (χ3v) is 7.62. The number of halogens is 4. The summed E-state index contributed by atoms with van der Waals surface area (Å²) in [4.78, 5) is -0.835. The van der Waals surface area contributed by atoms with Gasteiger partial charge in [0.2, 0.25) is 10.0 Å². The van der Waals surface area contributed by atoms with Crippen molar-refractivity contribution in [1.29, 1.82) is 0 Å². The summed E-state index contributed by atoms with van der Waals surface area (Å²) >= 11 is 5.57. The van der Waals surface area contributed by atoms with Gasteiger partial charge < -0.3 is 0 Å².